The van der Waals surface area contributed by atoms with Gasteiger partial charge in [0.05, 0.1) is 23.8 Å². The lowest BCUT2D eigenvalue weighted by molar-refractivity contribution is -0.754. The summed E-state index contributed by atoms with van der Waals surface area (Å²) in [6.07, 6.45) is 4.69. The zero-order valence-corrected chi connectivity index (χ0v) is 25.0. The molecule has 4 heteroatoms. The number of para-hydroxylation sites is 1. The Labute approximate surface area is 242 Å². The molecule has 1 aliphatic heterocycles. The highest BCUT2D eigenvalue weighted by Gasteiger charge is 2.60. The molecule has 0 radical (unpaired) electrons. The molecule has 6 rings (SSSR count). The minimum atomic E-state index is -0.621. The summed E-state index contributed by atoms with van der Waals surface area (Å²) in [5.41, 5.74) is 7.61. The molecule has 5 aromatic rings. The van der Waals surface area contributed by atoms with Crippen molar-refractivity contribution in [2.45, 2.75) is 57.4 Å². The first-order chi connectivity index (χ1) is 19.6. The number of furan rings is 1. The number of aromatic nitrogens is 1. The SMILES string of the molecule is C=C(CO)C1(C)[n+]2ccc(-c3cccc4ccoc34)cc2-c2cc(C(C)(C)C)c3ccccc3c2C1(C)CCOC. The Morgan fingerprint density at radius 1 is 0.976 bits per heavy atom. The monoisotopic (exact) mass is 546 g/mol. The first-order valence-electron chi connectivity index (χ1n) is 14.4. The molecule has 3 heterocycles. The molecule has 0 spiro atoms. The van der Waals surface area contributed by atoms with Crippen LogP contribution in [0.5, 0.6) is 0 Å². The van der Waals surface area contributed by atoms with Crippen LogP contribution in [0, 0.1) is 0 Å². The van der Waals surface area contributed by atoms with E-state index in [0.29, 0.717) is 6.61 Å². The lowest BCUT2D eigenvalue weighted by Gasteiger charge is -2.48. The van der Waals surface area contributed by atoms with E-state index in [2.05, 4.69) is 113 Å². The number of rotatable bonds is 6. The fraction of sp³-hybridized carbons (Fsp3) is 0.324. The Bertz CT molecular complexity index is 1810. The number of nitrogens with zero attached hydrogens (tertiary/aromatic N) is 1. The van der Waals surface area contributed by atoms with Gasteiger partial charge in [-0.1, -0.05) is 69.8 Å². The number of methoxy groups -OCH3 is 1. The molecule has 0 amide bonds. The fourth-order valence-electron chi connectivity index (χ4n) is 7.18. The van der Waals surface area contributed by atoms with E-state index >= 15 is 0 Å². The second kappa shape index (κ2) is 9.68. The number of fused-ring (bicyclic) bond motifs is 6. The van der Waals surface area contributed by atoms with Gasteiger partial charge in [-0.25, -0.2) is 0 Å². The van der Waals surface area contributed by atoms with Gasteiger partial charge in [-0.05, 0) is 58.4 Å². The molecule has 41 heavy (non-hydrogen) atoms. The molecule has 0 bridgehead atoms. The zero-order chi connectivity index (χ0) is 29.2. The topological polar surface area (TPSA) is 46.5 Å². The van der Waals surface area contributed by atoms with Gasteiger partial charge in [0.25, 0.3) is 0 Å². The third kappa shape index (κ3) is 3.92. The van der Waals surface area contributed by atoms with Crippen molar-refractivity contribution < 1.29 is 18.8 Å². The maximum Gasteiger partial charge on any atom is 0.214 e. The summed E-state index contributed by atoms with van der Waals surface area (Å²) in [4.78, 5) is 0. The molecule has 3 aromatic carbocycles. The Kier molecular flexibility index (Phi) is 6.48. The van der Waals surface area contributed by atoms with E-state index in [4.69, 9.17) is 9.15 Å². The maximum absolute atomic E-state index is 10.6. The number of pyridine rings is 1. The predicted octanol–water partition coefficient (Wildman–Crippen LogP) is 8.08. The number of benzene rings is 3. The molecule has 0 aliphatic carbocycles. The van der Waals surface area contributed by atoms with Crippen LogP contribution in [0.1, 0.15) is 52.2 Å². The third-order valence-corrected chi connectivity index (χ3v) is 9.67. The highest BCUT2D eigenvalue weighted by molar-refractivity contribution is 5.97. The van der Waals surface area contributed by atoms with Crippen LogP contribution in [0.15, 0.2) is 95.8 Å². The number of hydrogen-bond donors (Lipinski definition) is 1. The smallest absolute Gasteiger partial charge is 0.214 e. The standard InChI is InChI=1S/C37H40NO3/c1-24(23-39)37(6)36(5,17-20-40-7)33-29-13-9-8-12-28(29)31(35(2,3)4)22-30(33)32-21-26(15-18-38(32)37)27-14-10-11-25-16-19-41-34(25)27/h8-16,18-19,21-22,39H,1,17,20,23H2,2-7H3/q+1. The first-order valence-corrected chi connectivity index (χ1v) is 14.4. The van der Waals surface area contributed by atoms with Crippen molar-refractivity contribution in [1.82, 2.24) is 0 Å². The van der Waals surface area contributed by atoms with E-state index in [1.807, 2.05) is 6.07 Å². The van der Waals surface area contributed by atoms with Gasteiger partial charge in [0.2, 0.25) is 5.69 Å². The summed E-state index contributed by atoms with van der Waals surface area (Å²) < 4.78 is 14.0. The second-order valence-corrected chi connectivity index (χ2v) is 12.9. The van der Waals surface area contributed by atoms with Crippen molar-refractivity contribution in [2.75, 3.05) is 20.3 Å². The Morgan fingerprint density at radius 2 is 1.73 bits per heavy atom. The van der Waals surface area contributed by atoms with E-state index in [0.717, 1.165) is 39.8 Å². The minimum Gasteiger partial charge on any atom is -0.464 e. The fourth-order valence-corrected chi connectivity index (χ4v) is 7.18. The van der Waals surface area contributed by atoms with Gasteiger partial charge in [-0.15, -0.1) is 0 Å². The van der Waals surface area contributed by atoms with Crippen molar-refractivity contribution in [3.05, 3.63) is 102 Å². The van der Waals surface area contributed by atoms with Gasteiger partial charge >= 0.3 is 0 Å². The highest BCUT2D eigenvalue weighted by Crippen LogP contribution is 2.54. The lowest BCUT2D eigenvalue weighted by atomic mass is 9.57. The largest absolute Gasteiger partial charge is 0.464 e. The second-order valence-electron chi connectivity index (χ2n) is 12.9. The van der Waals surface area contributed by atoms with Crippen molar-refractivity contribution in [1.29, 1.82) is 0 Å². The van der Waals surface area contributed by atoms with Gasteiger partial charge in [-0.3, -0.25) is 0 Å². The van der Waals surface area contributed by atoms with E-state index in [-0.39, 0.29) is 12.0 Å². The molecule has 4 nitrogen and oxygen atoms in total. The summed E-state index contributed by atoms with van der Waals surface area (Å²) in [5, 5.41) is 14.2. The summed E-state index contributed by atoms with van der Waals surface area (Å²) in [7, 11) is 1.76. The maximum atomic E-state index is 10.6. The molecule has 210 valence electrons. The zero-order valence-electron chi connectivity index (χ0n) is 25.0. The van der Waals surface area contributed by atoms with Crippen LogP contribution in [0.4, 0.5) is 0 Å². The summed E-state index contributed by atoms with van der Waals surface area (Å²) in [6.45, 7) is 16.4. The molecule has 2 aromatic heterocycles. The normalized spacial score (nSPS) is 20.3. The van der Waals surface area contributed by atoms with E-state index in [9.17, 15) is 5.11 Å². The first kappa shape index (κ1) is 27.4. The van der Waals surface area contributed by atoms with Crippen LogP contribution >= 0.6 is 0 Å². The molecule has 0 fully saturated rings. The van der Waals surface area contributed by atoms with Crippen molar-refractivity contribution in [3.63, 3.8) is 0 Å². The Hall–Kier alpha value is -3.73. The van der Waals surface area contributed by atoms with Crippen LogP contribution in [0.3, 0.4) is 0 Å². The molecule has 1 N–H and O–H groups in total. The quantitative estimate of drug-likeness (QED) is 0.173. The van der Waals surface area contributed by atoms with Crippen molar-refractivity contribution in [2.24, 2.45) is 0 Å². The molecule has 0 saturated heterocycles. The van der Waals surface area contributed by atoms with Crippen LogP contribution in [-0.2, 0) is 21.1 Å². The lowest BCUT2D eigenvalue weighted by Crippen LogP contribution is -2.69. The van der Waals surface area contributed by atoms with Crippen LogP contribution in [0.2, 0.25) is 0 Å². The average molecular weight is 547 g/mol. The van der Waals surface area contributed by atoms with Crippen LogP contribution < -0.4 is 4.57 Å². The minimum absolute atomic E-state index is 0.0603. The number of aliphatic hydroxyl groups is 1. The van der Waals surface area contributed by atoms with Crippen molar-refractivity contribution in [3.8, 4) is 22.4 Å². The van der Waals surface area contributed by atoms with E-state index in [1.165, 1.54) is 27.5 Å². The summed E-state index contributed by atoms with van der Waals surface area (Å²) in [6, 6.07) is 23.9. The van der Waals surface area contributed by atoms with Crippen LogP contribution in [-0.4, -0.2) is 25.4 Å². The number of ether oxygens (including phenoxy) is 1. The molecule has 0 saturated carbocycles. The van der Waals surface area contributed by atoms with Gasteiger partial charge in [0.1, 0.15) is 5.58 Å². The van der Waals surface area contributed by atoms with Gasteiger partial charge < -0.3 is 14.3 Å². The van der Waals surface area contributed by atoms with Gasteiger partial charge in [-0.2, -0.15) is 4.57 Å². The Morgan fingerprint density at radius 3 is 2.44 bits per heavy atom. The highest BCUT2D eigenvalue weighted by atomic mass is 16.5. The molecule has 2 unspecified atom stereocenters. The molecular formula is C37H40NO3+. The van der Waals surface area contributed by atoms with E-state index in [1.54, 1.807) is 13.4 Å². The molecule has 2 atom stereocenters. The summed E-state index contributed by atoms with van der Waals surface area (Å²) >= 11 is 0. The number of hydrogen-bond acceptors (Lipinski definition) is 3. The van der Waals surface area contributed by atoms with Gasteiger partial charge in [0.15, 0.2) is 11.7 Å². The molecule has 1 aliphatic rings. The summed E-state index contributed by atoms with van der Waals surface area (Å²) in [5.74, 6) is 0. The van der Waals surface area contributed by atoms with E-state index < -0.39 is 11.0 Å². The average Bonchev–Trinajstić information content (AvgIpc) is 3.46. The molecular weight excluding hydrogens is 506 g/mol. The van der Waals surface area contributed by atoms with Crippen LogP contribution in [0.25, 0.3) is 44.1 Å². The van der Waals surface area contributed by atoms with Gasteiger partial charge in [0, 0.05) is 49.3 Å². The van der Waals surface area contributed by atoms with Crippen molar-refractivity contribution >= 4 is 21.7 Å². The number of aliphatic hydroxyl groups excluding tert-OH is 1. The predicted molar refractivity (Wildman–Crippen MR) is 167 cm³/mol. The third-order valence-electron chi connectivity index (χ3n) is 9.67. The Balaban J connectivity index is 1.77.